The molecule has 0 radical (unpaired) electrons. The second-order valence-electron chi connectivity index (χ2n) is 6.20. The van der Waals surface area contributed by atoms with Crippen LogP contribution in [-0.4, -0.2) is 36.7 Å². The molecule has 152 valence electrons. The van der Waals surface area contributed by atoms with Crippen molar-refractivity contribution in [1.29, 1.82) is 0 Å². The number of aliphatic imine (C=N–C) groups is 1. The number of carbonyl (C=O) groups is 2. The van der Waals surface area contributed by atoms with Crippen molar-refractivity contribution in [3.8, 4) is 5.75 Å². The number of nitrogens with two attached hydrogens (primary N) is 1. The molecular formula is C18H23F2N5O3. The van der Waals surface area contributed by atoms with E-state index in [0.717, 1.165) is 0 Å². The molecule has 0 spiro atoms. The molecule has 2 rings (SSSR count). The van der Waals surface area contributed by atoms with Crippen LogP contribution in [0.3, 0.4) is 0 Å². The van der Waals surface area contributed by atoms with Gasteiger partial charge in [-0.2, -0.15) is 0 Å². The molecule has 1 aliphatic heterocycles. The van der Waals surface area contributed by atoms with E-state index >= 15 is 0 Å². The minimum Gasteiger partial charge on any atom is -0.487 e. The second-order valence-corrected chi connectivity index (χ2v) is 6.20. The number of ether oxygens (including phenoxy) is 1. The van der Waals surface area contributed by atoms with Crippen molar-refractivity contribution in [3.63, 3.8) is 0 Å². The summed E-state index contributed by atoms with van der Waals surface area (Å²) in [6.45, 7) is 2.39. The van der Waals surface area contributed by atoms with Crippen LogP contribution in [0.1, 0.15) is 31.0 Å². The first-order chi connectivity index (χ1) is 13.3. The van der Waals surface area contributed by atoms with Crippen LogP contribution < -0.4 is 26.4 Å². The molecule has 0 bridgehead atoms. The highest BCUT2D eigenvalue weighted by atomic mass is 19.3. The molecule has 1 aromatic rings. The van der Waals surface area contributed by atoms with E-state index in [2.05, 4.69) is 20.9 Å². The van der Waals surface area contributed by atoms with Crippen molar-refractivity contribution in [1.82, 2.24) is 16.0 Å². The summed E-state index contributed by atoms with van der Waals surface area (Å²) >= 11 is 0. The standard InChI is InChI=1S/C18H23F2N5O3/c1-11(13-3-4-15(14(7-13)8-21)28-9-16(19)20)24-17(27)18(25-12(2)26)10-22-5-6-23-18/h3-7,10-11,16,23H,8-9,21H2,1-2H3,(H,24,27)(H,25,26). The van der Waals surface area contributed by atoms with Gasteiger partial charge in [0.1, 0.15) is 12.4 Å². The Kier molecular flexibility index (Phi) is 7.05. The minimum absolute atomic E-state index is 0.0852. The van der Waals surface area contributed by atoms with Gasteiger partial charge in [-0.1, -0.05) is 6.07 Å². The zero-order valence-corrected chi connectivity index (χ0v) is 15.5. The minimum atomic E-state index is -2.59. The second kappa shape index (κ2) is 9.27. The third-order valence-corrected chi connectivity index (χ3v) is 3.99. The number of hydrogen-bond acceptors (Lipinski definition) is 6. The molecular weight excluding hydrogens is 372 g/mol. The third-order valence-electron chi connectivity index (χ3n) is 3.99. The normalized spacial score (nSPS) is 19.1. The molecule has 2 atom stereocenters. The Labute approximate surface area is 161 Å². The molecule has 8 nitrogen and oxygen atoms in total. The largest absolute Gasteiger partial charge is 0.487 e. The highest BCUT2D eigenvalue weighted by Gasteiger charge is 2.38. The van der Waals surface area contributed by atoms with Gasteiger partial charge in [-0.15, -0.1) is 0 Å². The molecule has 0 fully saturated rings. The number of amides is 2. The zero-order valence-electron chi connectivity index (χ0n) is 15.5. The highest BCUT2D eigenvalue weighted by molar-refractivity contribution is 6.06. The maximum atomic E-state index is 12.8. The lowest BCUT2D eigenvalue weighted by molar-refractivity contribution is -0.131. The number of carbonyl (C=O) groups excluding carboxylic acids is 2. The van der Waals surface area contributed by atoms with E-state index in [1.807, 2.05) is 0 Å². The molecule has 10 heteroatoms. The van der Waals surface area contributed by atoms with Gasteiger partial charge in [-0.05, 0) is 24.6 Å². The average Bonchev–Trinajstić information content (AvgIpc) is 2.66. The maximum Gasteiger partial charge on any atom is 0.272 e. The SMILES string of the molecule is CC(=O)NC1(C(=O)NC(C)c2ccc(OCC(F)F)c(CN)c2)C=NC=CN1. The van der Waals surface area contributed by atoms with Crippen molar-refractivity contribution in [2.24, 2.45) is 10.7 Å². The van der Waals surface area contributed by atoms with E-state index in [9.17, 15) is 18.4 Å². The van der Waals surface area contributed by atoms with Crippen LogP contribution in [-0.2, 0) is 16.1 Å². The summed E-state index contributed by atoms with van der Waals surface area (Å²) in [5.41, 5.74) is 5.41. The fourth-order valence-electron chi connectivity index (χ4n) is 2.65. The lowest BCUT2D eigenvalue weighted by Gasteiger charge is -2.32. The number of benzene rings is 1. The number of halogens is 2. The van der Waals surface area contributed by atoms with Crippen molar-refractivity contribution >= 4 is 18.0 Å². The number of nitrogens with one attached hydrogen (secondary N) is 3. The van der Waals surface area contributed by atoms with E-state index in [1.54, 1.807) is 19.1 Å². The van der Waals surface area contributed by atoms with Crippen LogP contribution >= 0.6 is 0 Å². The lowest BCUT2D eigenvalue weighted by atomic mass is 10.0. The third kappa shape index (κ3) is 5.26. The first kappa shape index (κ1) is 21.3. The Balaban J connectivity index is 2.15. The van der Waals surface area contributed by atoms with Crippen molar-refractivity contribution < 1.29 is 23.1 Å². The quantitative estimate of drug-likeness (QED) is 0.523. The number of nitrogens with zero attached hydrogens (tertiary/aromatic N) is 1. The van der Waals surface area contributed by atoms with Gasteiger partial charge >= 0.3 is 0 Å². The summed E-state index contributed by atoms with van der Waals surface area (Å²) in [5.74, 6) is -0.662. The summed E-state index contributed by atoms with van der Waals surface area (Å²) < 4.78 is 29.8. The fourth-order valence-corrected chi connectivity index (χ4v) is 2.65. The molecule has 0 saturated heterocycles. The smallest absolute Gasteiger partial charge is 0.272 e. The van der Waals surface area contributed by atoms with E-state index < -0.39 is 36.6 Å². The van der Waals surface area contributed by atoms with Gasteiger partial charge in [0.25, 0.3) is 12.3 Å². The molecule has 0 aliphatic carbocycles. The van der Waals surface area contributed by atoms with E-state index in [1.165, 1.54) is 31.6 Å². The summed E-state index contributed by atoms with van der Waals surface area (Å²) in [6.07, 6.45) is 1.60. The first-order valence-electron chi connectivity index (χ1n) is 8.58. The molecule has 0 aromatic heterocycles. The van der Waals surface area contributed by atoms with Crippen LogP contribution in [0.5, 0.6) is 5.75 Å². The van der Waals surface area contributed by atoms with Gasteiger partial charge in [-0.25, -0.2) is 8.78 Å². The Bertz CT molecular complexity index is 784. The summed E-state index contributed by atoms with van der Waals surface area (Å²) in [6, 6.07) is 4.40. The summed E-state index contributed by atoms with van der Waals surface area (Å²) in [4.78, 5) is 28.2. The maximum absolute atomic E-state index is 12.8. The van der Waals surface area contributed by atoms with Crippen LogP contribution in [0.4, 0.5) is 8.78 Å². The van der Waals surface area contributed by atoms with Crippen molar-refractivity contribution in [2.75, 3.05) is 6.61 Å². The van der Waals surface area contributed by atoms with Gasteiger partial charge in [0.05, 0.1) is 12.3 Å². The van der Waals surface area contributed by atoms with Crippen LogP contribution in [0, 0.1) is 0 Å². The number of rotatable bonds is 8. The topological polar surface area (TPSA) is 118 Å². The van der Waals surface area contributed by atoms with E-state index in [4.69, 9.17) is 10.5 Å². The Morgan fingerprint density at radius 3 is 2.71 bits per heavy atom. The van der Waals surface area contributed by atoms with Gasteiger partial charge in [-0.3, -0.25) is 14.6 Å². The molecule has 2 unspecified atom stereocenters. The molecule has 2 amide bonds. The number of alkyl halides is 2. The summed E-state index contributed by atoms with van der Waals surface area (Å²) in [5, 5.41) is 8.12. The predicted octanol–water partition coefficient (Wildman–Crippen LogP) is 0.944. The van der Waals surface area contributed by atoms with Crippen molar-refractivity contribution in [2.45, 2.75) is 38.5 Å². The predicted molar refractivity (Wildman–Crippen MR) is 99.7 cm³/mol. The Morgan fingerprint density at radius 1 is 1.39 bits per heavy atom. The molecule has 1 heterocycles. The van der Waals surface area contributed by atoms with Gasteiger partial charge in [0.2, 0.25) is 11.6 Å². The molecule has 5 N–H and O–H groups in total. The zero-order chi connectivity index (χ0) is 20.7. The van der Waals surface area contributed by atoms with Crippen LogP contribution in [0.25, 0.3) is 0 Å². The molecule has 0 saturated carbocycles. The van der Waals surface area contributed by atoms with E-state index in [0.29, 0.717) is 11.1 Å². The molecule has 28 heavy (non-hydrogen) atoms. The summed E-state index contributed by atoms with van der Waals surface area (Å²) in [7, 11) is 0. The molecule has 1 aliphatic rings. The van der Waals surface area contributed by atoms with Gasteiger partial charge in [0, 0.05) is 31.4 Å². The van der Waals surface area contributed by atoms with Gasteiger partial charge in [0.15, 0.2) is 0 Å². The Morgan fingerprint density at radius 2 is 2.14 bits per heavy atom. The van der Waals surface area contributed by atoms with Crippen LogP contribution in [0.15, 0.2) is 35.6 Å². The van der Waals surface area contributed by atoms with Crippen molar-refractivity contribution in [3.05, 3.63) is 41.7 Å². The molecule has 1 aromatic carbocycles. The highest BCUT2D eigenvalue weighted by Crippen LogP contribution is 2.24. The first-order valence-corrected chi connectivity index (χ1v) is 8.58. The number of hydrogen-bond donors (Lipinski definition) is 4. The average molecular weight is 395 g/mol. The van der Waals surface area contributed by atoms with Gasteiger partial charge < -0.3 is 26.4 Å². The monoisotopic (exact) mass is 395 g/mol. The lowest BCUT2D eigenvalue weighted by Crippen LogP contribution is -2.67. The van der Waals surface area contributed by atoms with E-state index in [-0.39, 0.29) is 12.3 Å². The fraction of sp³-hybridized carbons (Fsp3) is 0.389. The Hall–Kier alpha value is -3.01. The van der Waals surface area contributed by atoms with Crippen LogP contribution in [0.2, 0.25) is 0 Å².